The van der Waals surface area contributed by atoms with Crippen LogP contribution in [0.5, 0.6) is 0 Å². The zero-order valence-electron chi connectivity index (χ0n) is 19.0. The van der Waals surface area contributed by atoms with E-state index < -0.39 is 12.1 Å². The smallest absolute Gasteiger partial charge is 0.234 e. The lowest BCUT2D eigenvalue weighted by molar-refractivity contribution is -0.119. The van der Waals surface area contributed by atoms with Crippen LogP contribution in [0.25, 0.3) is 11.3 Å². The molecule has 0 unspecified atom stereocenters. The summed E-state index contributed by atoms with van der Waals surface area (Å²) in [7, 11) is 1.62. The zero-order chi connectivity index (χ0) is 23.3. The second-order valence-corrected chi connectivity index (χ2v) is 9.82. The number of H-pyrrole nitrogens is 1. The number of halogens is 1. The van der Waals surface area contributed by atoms with E-state index in [1.54, 1.807) is 19.3 Å². The third-order valence-corrected chi connectivity index (χ3v) is 6.43. The van der Waals surface area contributed by atoms with E-state index in [-0.39, 0.29) is 23.5 Å². The van der Waals surface area contributed by atoms with Crippen LogP contribution in [-0.2, 0) is 11.2 Å². The van der Waals surface area contributed by atoms with Crippen molar-refractivity contribution in [1.29, 1.82) is 0 Å². The molecule has 2 N–H and O–H groups in total. The number of hydrogen-bond acceptors (Lipinski definition) is 4. The van der Waals surface area contributed by atoms with Crippen LogP contribution in [0.15, 0.2) is 48.7 Å². The van der Waals surface area contributed by atoms with E-state index in [9.17, 15) is 14.0 Å². The van der Waals surface area contributed by atoms with Crippen LogP contribution in [0.4, 0.5) is 21.6 Å². The Hall–Kier alpha value is -3.48. The van der Waals surface area contributed by atoms with E-state index in [4.69, 9.17) is 0 Å². The summed E-state index contributed by atoms with van der Waals surface area (Å²) >= 11 is 0. The van der Waals surface area contributed by atoms with Gasteiger partial charge in [0.15, 0.2) is 5.78 Å². The van der Waals surface area contributed by atoms with Crippen LogP contribution in [0, 0.1) is 11.3 Å². The molecule has 5 rings (SSSR count). The van der Waals surface area contributed by atoms with Gasteiger partial charge in [0.25, 0.3) is 0 Å². The molecule has 1 aromatic carbocycles. The largest absolute Gasteiger partial charge is 0.356 e. The lowest BCUT2D eigenvalue weighted by Crippen LogP contribution is -2.29. The number of amides is 1. The molecule has 0 aliphatic heterocycles. The second-order valence-electron chi connectivity index (χ2n) is 9.82. The Morgan fingerprint density at radius 3 is 2.64 bits per heavy atom. The molecule has 6 nitrogen and oxygen atoms in total. The van der Waals surface area contributed by atoms with Crippen LogP contribution >= 0.6 is 0 Å². The van der Waals surface area contributed by atoms with Crippen molar-refractivity contribution in [3.8, 4) is 11.3 Å². The van der Waals surface area contributed by atoms with Gasteiger partial charge in [0.2, 0.25) is 5.91 Å². The zero-order valence-corrected chi connectivity index (χ0v) is 19.0. The molecule has 0 radical (unpaired) electrons. The average Bonchev–Trinajstić information content (AvgIpc) is 3.41. The molecule has 2 aliphatic rings. The first-order chi connectivity index (χ1) is 15.7. The summed E-state index contributed by atoms with van der Waals surface area (Å²) in [4.78, 5) is 34.9. The highest BCUT2D eigenvalue weighted by Crippen LogP contribution is 2.43. The number of Topliss-reactive ketones (excluding diaryl/α,β-unsaturated/α-hetero) is 1. The van der Waals surface area contributed by atoms with Gasteiger partial charge in [-0.1, -0.05) is 32.0 Å². The number of pyridine rings is 1. The number of aromatic amines is 1. The van der Waals surface area contributed by atoms with E-state index >= 15 is 0 Å². The van der Waals surface area contributed by atoms with E-state index in [0.29, 0.717) is 17.8 Å². The number of anilines is 3. The first-order valence-corrected chi connectivity index (χ1v) is 11.2. The third kappa shape index (κ3) is 4.03. The Kier molecular flexibility index (Phi) is 5.07. The highest BCUT2D eigenvalue weighted by Gasteiger charge is 2.45. The fraction of sp³-hybridized carbons (Fsp3) is 0.346. The maximum atomic E-state index is 13.4. The lowest BCUT2D eigenvalue weighted by atomic mass is 9.76. The molecule has 33 heavy (non-hydrogen) atoms. The minimum absolute atomic E-state index is 0.103. The minimum Gasteiger partial charge on any atom is -0.356 e. The van der Waals surface area contributed by atoms with Crippen LogP contribution in [0.2, 0.25) is 0 Å². The molecule has 2 heterocycles. The van der Waals surface area contributed by atoms with Gasteiger partial charge in [-0.2, -0.15) is 0 Å². The Morgan fingerprint density at radius 1 is 1.21 bits per heavy atom. The molecule has 2 aromatic heterocycles. The number of fused-ring (bicyclic) bond motifs is 1. The molecule has 7 heteroatoms. The van der Waals surface area contributed by atoms with Gasteiger partial charge in [-0.15, -0.1) is 0 Å². The number of para-hydroxylation sites is 1. The lowest BCUT2D eigenvalue weighted by Gasteiger charge is -2.28. The van der Waals surface area contributed by atoms with Gasteiger partial charge in [0.05, 0.1) is 22.9 Å². The van der Waals surface area contributed by atoms with Crippen molar-refractivity contribution >= 4 is 28.9 Å². The molecular weight excluding hydrogens is 419 g/mol. The summed E-state index contributed by atoms with van der Waals surface area (Å²) < 4.78 is 13.4. The number of benzene rings is 1. The predicted molar refractivity (Wildman–Crippen MR) is 127 cm³/mol. The first kappa shape index (κ1) is 21.4. The van der Waals surface area contributed by atoms with Crippen molar-refractivity contribution in [3.05, 3.63) is 59.9 Å². The number of carbonyl (C=O) groups is 2. The van der Waals surface area contributed by atoms with Crippen molar-refractivity contribution in [2.45, 2.75) is 39.3 Å². The number of nitrogens with zero attached hydrogens (tertiary/aromatic N) is 2. The molecule has 3 aromatic rings. The normalized spacial score (nSPS) is 20.8. The molecular formula is C26H27FN4O2. The second kappa shape index (κ2) is 7.83. The molecule has 2 atom stereocenters. The number of nitrogens with one attached hydrogen (secondary N) is 2. The monoisotopic (exact) mass is 446 g/mol. The Morgan fingerprint density at radius 2 is 1.94 bits per heavy atom. The molecule has 0 saturated heterocycles. The van der Waals surface area contributed by atoms with Gasteiger partial charge in [-0.05, 0) is 42.5 Å². The van der Waals surface area contributed by atoms with Crippen LogP contribution < -0.4 is 10.2 Å². The molecule has 0 spiro atoms. The van der Waals surface area contributed by atoms with Gasteiger partial charge in [-0.25, -0.2) is 9.37 Å². The fourth-order valence-corrected chi connectivity index (χ4v) is 4.60. The topological polar surface area (TPSA) is 78.1 Å². The van der Waals surface area contributed by atoms with Crippen molar-refractivity contribution in [2.24, 2.45) is 11.3 Å². The highest BCUT2D eigenvalue weighted by molar-refractivity contribution is 6.08. The predicted octanol–water partition coefficient (Wildman–Crippen LogP) is 5.30. The third-order valence-electron chi connectivity index (χ3n) is 6.43. The molecule has 1 saturated carbocycles. The van der Waals surface area contributed by atoms with Gasteiger partial charge in [0, 0.05) is 36.6 Å². The minimum atomic E-state index is -1.06. The van der Waals surface area contributed by atoms with Crippen molar-refractivity contribution in [3.63, 3.8) is 0 Å². The summed E-state index contributed by atoms with van der Waals surface area (Å²) in [6, 6.07) is 13.4. The highest BCUT2D eigenvalue weighted by atomic mass is 19.1. The SMILES string of the molecule is CN(C(=O)[C@@H]1C[C@H]1F)c1cc(-c2[nH]c3c(c2Nc2ccccc2)C(=O)CC(C)(C)C3)ccn1. The standard InChI is InChI=1S/C26H27FN4O2/c1-26(2)13-19-22(20(32)14-26)24(29-16-7-5-4-6-8-16)23(30-19)15-9-10-28-21(11-15)31(3)25(33)17-12-18(17)27/h4-11,17-18,29-30H,12-14H2,1-3H3/t17-,18-/m1/s1. The van der Waals surface area contributed by atoms with Gasteiger partial charge in [-0.3, -0.25) is 14.5 Å². The van der Waals surface area contributed by atoms with Gasteiger partial charge >= 0.3 is 0 Å². The summed E-state index contributed by atoms with van der Waals surface area (Å²) in [5, 5.41) is 3.44. The maximum Gasteiger partial charge on any atom is 0.234 e. The van der Waals surface area contributed by atoms with Crippen LogP contribution in [0.1, 0.15) is 42.7 Å². The maximum absolute atomic E-state index is 13.4. The summed E-state index contributed by atoms with van der Waals surface area (Å²) in [6.45, 7) is 4.19. The molecule has 1 amide bonds. The van der Waals surface area contributed by atoms with Gasteiger partial charge in [0.1, 0.15) is 12.0 Å². The number of carbonyl (C=O) groups excluding carboxylic acids is 2. The van der Waals surface area contributed by atoms with E-state index in [1.165, 1.54) is 4.90 Å². The van der Waals surface area contributed by atoms with E-state index in [0.717, 1.165) is 34.7 Å². The summed E-state index contributed by atoms with van der Waals surface area (Å²) in [6.07, 6.45) is 2.08. The number of ketones is 1. The summed E-state index contributed by atoms with van der Waals surface area (Å²) in [5.41, 5.74) is 4.65. The molecule has 170 valence electrons. The summed E-state index contributed by atoms with van der Waals surface area (Å²) in [5.74, 6) is -0.293. The number of hydrogen-bond donors (Lipinski definition) is 2. The first-order valence-electron chi connectivity index (χ1n) is 11.2. The Bertz CT molecular complexity index is 1230. The Balaban J connectivity index is 1.58. The van der Waals surface area contributed by atoms with Crippen LogP contribution in [0.3, 0.4) is 0 Å². The molecule has 1 fully saturated rings. The Labute approximate surface area is 192 Å². The molecule has 0 bridgehead atoms. The number of aromatic nitrogens is 2. The van der Waals surface area contributed by atoms with Gasteiger partial charge < -0.3 is 10.3 Å². The van der Waals surface area contributed by atoms with Crippen molar-refractivity contribution < 1.29 is 14.0 Å². The van der Waals surface area contributed by atoms with E-state index in [1.807, 2.05) is 36.4 Å². The fourth-order valence-electron chi connectivity index (χ4n) is 4.60. The average molecular weight is 447 g/mol. The van der Waals surface area contributed by atoms with Crippen LogP contribution in [-0.4, -0.2) is 34.9 Å². The van der Waals surface area contributed by atoms with Crippen molar-refractivity contribution in [2.75, 3.05) is 17.3 Å². The van der Waals surface area contributed by atoms with Crippen molar-refractivity contribution in [1.82, 2.24) is 9.97 Å². The molecule has 2 aliphatic carbocycles. The number of alkyl halides is 1. The van der Waals surface area contributed by atoms with E-state index in [2.05, 4.69) is 29.1 Å². The number of rotatable bonds is 5. The quantitative estimate of drug-likeness (QED) is 0.558.